The molecule has 0 fully saturated rings. The Balaban J connectivity index is 2.22. The first kappa shape index (κ1) is 13.2. The van der Waals surface area contributed by atoms with Gasteiger partial charge in [-0.1, -0.05) is 12.1 Å². The molecule has 0 spiro atoms. The van der Waals surface area contributed by atoms with E-state index in [0.717, 1.165) is 5.56 Å². The van der Waals surface area contributed by atoms with E-state index in [1.54, 1.807) is 42.6 Å². The highest BCUT2D eigenvalue weighted by Gasteiger charge is 2.11. The van der Waals surface area contributed by atoms with Crippen LogP contribution in [0.1, 0.15) is 15.9 Å². The Morgan fingerprint density at radius 1 is 1.26 bits per heavy atom. The highest BCUT2D eigenvalue weighted by molar-refractivity contribution is 7.84. The second-order valence-electron chi connectivity index (χ2n) is 3.95. The molecule has 2 aromatic rings. The molecule has 4 N–H and O–H groups in total. The van der Waals surface area contributed by atoms with Crippen LogP contribution in [-0.2, 0) is 16.6 Å². The number of pyridine rings is 1. The fourth-order valence-electron chi connectivity index (χ4n) is 1.63. The van der Waals surface area contributed by atoms with Gasteiger partial charge in [0.2, 0.25) is 5.91 Å². The summed E-state index contributed by atoms with van der Waals surface area (Å²) in [5, 5.41) is 0.354. The summed E-state index contributed by atoms with van der Waals surface area (Å²) in [6, 6.07) is 10.1. The Bertz CT molecular complexity index is 643. The zero-order valence-electron chi connectivity index (χ0n) is 10.1. The molecule has 1 amide bonds. The summed E-state index contributed by atoms with van der Waals surface area (Å²) in [6.07, 6.45) is 1.55. The molecule has 1 unspecified atom stereocenters. The predicted octanol–water partition coefficient (Wildman–Crippen LogP) is 1.07. The Kier molecular flexibility index (Phi) is 3.91. The zero-order valence-corrected chi connectivity index (χ0v) is 10.9. The molecule has 98 valence electrons. The number of amides is 1. The topological polar surface area (TPSA) is 99.1 Å². The van der Waals surface area contributed by atoms with Gasteiger partial charge in [-0.2, -0.15) is 0 Å². The van der Waals surface area contributed by atoms with E-state index in [-0.39, 0.29) is 5.75 Å². The molecule has 0 aliphatic rings. The lowest BCUT2D eigenvalue weighted by Gasteiger charge is -2.05. The molecule has 1 heterocycles. The van der Waals surface area contributed by atoms with Gasteiger partial charge in [0.25, 0.3) is 0 Å². The Morgan fingerprint density at radius 3 is 2.74 bits per heavy atom. The molecule has 1 atom stereocenters. The zero-order chi connectivity index (χ0) is 13.8. The average molecular weight is 275 g/mol. The van der Waals surface area contributed by atoms with Crippen LogP contribution in [0, 0.1) is 0 Å². The number of hydrogen-bond donors (Lipinski definition) is 2. The third kappa shape index (κ3) is 3.17. The van der Waals surface area contributed by atoms with Crippen molar-refractivity contribution in [1.29, 1.82) is 0 Å². The summed E-state index contributed by atoms with van der Waals surface area (Å²) >= 11 is 0. The van der Waals surface area contributed by atoms with Crippen LogP contribution < -0.4 is 11.5 Å². The standard InChI is InChI=1S/C13H13N3O2S/c14-11-5-2-6-16-13(11)19(18)8-9-3-1-4-10(7-9)12(15)17/h1-7H,8,14H2,(H2,15,17). The van der Waals surface area contributed by atoms with Gasteiger partial charge in [0.1, 0.15) is 5.03 Å². The molecule has 2 rings (SSSR count). The van der Waals surface area contributed by atoms with E-state index in [1.807, 2.05) is 0 Å². The molecule has 0 saturated carbocycles. The number of carbonyl (C=O) groups is 1. The molecule has 19 heavy (non-hydrogen) atoms. The van der Waals surface area contributed by atoms with E-state index in [9.17, 15) is 9.00 Å². The van der Waals surface area contributed by atoms with Crippen LogP contribution in [0.3, 0.4) is 0 Å². The molecular weight excluding hydrogens is 262 g/mol. The second-order valence-corrected chi connectivity index (χ2v) is 5.32. The number of nitrogen functional groups attached to an aromatic ring is 1. The number of benzene rings is 1. The molecule has 0 aliphatic carbocycles. The van der Waals surface area contributed by atoms with Gasteiger partial charge in [-0.05, 0) is 29.8 Å². The first-order valence-corrected chi connectivity index (χ1v) is 6.87. The maximum Gasteiger partial charge on any atom is 0.248 e. The summed E-state index contributed by atoms with van der Waals surface area (Å²) in [7, 11) is -1.36. The van der Waals surface area contributed by atoms with Gasteiger partial charge >= 0.3 is 0 Å². The minimum Gasteiger partial charge on any atom is -0.396 e. The SMILES string of the molecule is NC(=O)c1cccc(CS(=O)c2ncccc2N)c1. The van der Waals surface area contributed by atoms with Crippen LogP contribution in [0.15, 0.2) is 47.6 Å². The number of hydrogen-bond acceptors (Lipinski definition) is 4. The highest BCUT2D eigenvalue weighted by atomic mass is 32.2. The van der Waals surface area contributed by atoms with Gasteiger partial charge < -0.3 is 11.5 Å². The van der Waals surface area contributed by atoms with E-state index >= 15 is 0 Å². The van der Waals surface area contributed by atoms with E-state index in [4.69, 9.17) is 11.5 Å². The van der Waals surface area contributed by atoms with Crippen molar-refractivity contribution in [3.05, 3.63) is 53.7 Å². The van der Waals surface area contributed by atoms with E-state index < -0.39 is 16.7 Å². The van der Waals surface area contributed by atoms with Crippen LogP contribution in [0.5, 0.6) is 0 Å². The lowest BCUT2D eigenvalue weighted by Crippen LogP contribution is -2.11. The fraction of sp³-hybridized carbons (Fsp3) is 0.0769. The molecule has 0 saturated heterocycles. The number of anilines is 1. The summed E-state index contributed by atoms with van der Waals surface area (Å²) < 4.78 is 12.2. The molecule has 0 bridgehead atoms. The number of rotatable bonds is 4. The van der Waals surface area contributed by atoms with Gasteiger partial charge in [-0.3, -0.25) is 9.00 Å². The maximum atomic E-state index is 12.2. The molecule has 1 aromatic carbocycles. The van der Waals surface area contributed by atoms with Crippen molar-refractivity contribution in [3.8, 4) is 0 Å². The van der Waals surface area contributed by atoms with Crippen molar-refractivity contribution in [3.63, 3.8) is 0 Å². The fourth-order valence-corrected chi connectivity index (χ4v) is 2.76. The van der Waals surface area contributed by atoms with Crippen molar-refractivity contribution in [1.82, 2.24) is 4.98 Å². The van der Waals surface area contributed by atoms with Gasteiger partial charge in [-0.15, -0.1) is 0 Å². The Hall–Kier alpha value is -2.21. The maximum absolute atomic E-state index is 12.2. The molecular formula is C13H13N3O2S. The van der Waals surface area contributed by atoms with Crippen molar-refractivity contribution < 1.29 is 9.00 Å². The number of nitrogens with zero attached hydrogens (tertiary/aromatic N) is 1. The van der Waals surface area contributed by atoms with Crippen molar-refractivity contribution in [2.24, 2.45) is 5.73 Å². The number of primary amides is 1. The van der Waals surface area contributed by atoms with Crippen molar-refractivity contribution in [2.75, 3.05) is 5.73 Å². The predicted molar refractivity (Wildman–Crippen MR) is 73.7 cm³/mol. The van der Waals surface area contributed by atoms with Crippen LogP contribution in [0.4, 0.5) is 5.69 Å². The Labute approximate surface area is 113 Å². The first-order chi connectivity index (χ1) is 9.08. The molecule has 0 radical (unpaired) electrons. The second kappa shape index (κ2) is 5.62. The van der Waals surface area contributed by atoms with Gasteiger partial charge in [0, 0.05) is 11.8 Å². The molecule has 0 aliphatic heterocycles. The summed E-state index contributed by atoms with van der Waals surface area (Å²) in [4.78, 5) is 15.1. The lowest BCUT2D eigenvalue weighted by molar-refractivity contribution is 0.1000. The first-order valence-electron chi connectivity index (χ1n) is 5.55. The van der Waals surface area contributed by atoms with Crippen LogP contribution in [0.25, 0.3) is 0 Å². The number of carbonyl (C=O) groups excluding carboxylic acids is 1. The van der Waals surface area contributed by atoms with E-state index in [0.29, 0.717) is 16.3 Å². The summed E-state index contributed by atoms with van der Waals surface area (Å²) in [5.41, 5.74) is 12.5. The summed E-state index contributed by atoms with van der Waals surface area (Å²) in [6.45, 7) is 0. The van der Waals surface area contributed by atoms with E-state index in [2.05, 4.69) is 4.98 Å². The van der Waals surface area contributed by atoms with Gasteiger partial charge in [-0.25, -0.2) is 4.98 Å². The van der Waals surface area contributed by atoms with Crippen molar-refractivity contribution in [2.45, 2.75) is 10.8 Å². The average Bonchev–Trinajstić information content (AvgIpc) is 2.39. The van der Waals surface area contributed by atoms with Crippen molar-refractivity contribution >= 4 is 22.4 Å². The monoisotopic (exact) mass is 275 g/mol. The Morgan fingerprint density at radius 2 is 2.05 bits per heavy atom. The molecule has 1 aromatic heterocycles. The van der Waals surface area contributed by atoms with Crippen LogP contribution in [-0.4, -0.2) is 15.1 Å². The molecule has 6 heteroatoms. The van der Waals surface area contributed by atoms with Crippen LogP contribution in [0.2, 0.25) is 0 Å². The quantitative estimate of drug-likeness (QED) is 0.871. The smallest absolute Gasteiger partial charge is 0.248 e. The minimum absolute atomic E-state index is 0.238. The third-order valence-corrected chi connectivity index (χ3v) is 3.89. The van der Waals surface area contributed by atoms with Gasteiger partial charge in [0.15, 0.2) is 0 Å². The molecule has 5 nitrogen and oxygen atoms in total. The highest BCUT2D eigenvalue weighted by Crippen LogP contribution is 2.16. The van der Waals surface area contributed by atoms with Crippen LogP contribution >= 0.6 is 0 Å². The lowest BCUT2D eigenvalue weighted by atomic mass is 10.1. The van der Waals surface area contributed by atoms with E-state index in [1.165, 1.54) is 0 Å². The number of aromatic nitrogens is 1. The normalized spacial score (nSPS) is 12.0. The minimum atomic E-state index is -1.36. The third-order valence-electron chi connectivity index (χ3n) is 2.53. The van der Waals surface area contributed by atoms with Gasteiger partial charge in [0.05, 0.1) is 22.2 Å². The number of nitrogens with two attached hydrogens (primary N) is 2. The largest absolute Gasteiger partial charge is 0.396 e. The summed E-state index contributed by atoms with van der Waals surface area (Å²) in [5.74, 6) is -0.271.